The minimum atomic E-state index is -3.04. The molecule has 4 nitrogen and oxygen atoms in total. The first kappa shape index (κ1) is 11.0. The molecule has 0 spiro atoms. The van der Waals surface area contributed by atoms with Gasteiger partial charge in [-0.1, -0.05) is 11.6 Å². The highest BCUT2D eigenvalue weighted by molar-refractivity contribution is 7.91. The van der Waals surface area contributed by atoms with E-state index in [4.69, 9.17) is 11.6 Å². The number of halogens is 1. The number of pyridine rings is 1. The highest BCUT2D eigenvalue weighted by Gasteiger charge is 2.35. The van der Waals surface area contributed by atoms with Gasteiger partial charge in [-0.25, -0.2) is 13.4 Å². The third-order valence-corrected chi connectivity index (χ3v) is 5.66. The predicted octanol–water partition coefficient (Wildman–Crippen LogP) is 2.24. The minimum absolute atomic E-state index is 0.257. The Labute approximate surface area is 104 Å². The molecule has 1 aliphatic heterocycles. The standard InChI is InChI=1S/C11H11ClN2O2S/c12-8-3-1-5-14-9(8)7-13-11(14)10-4-2-6-17(10,15)16/h1,3,5,7,10H,2,4,6H2. The van der Waals surface area contributed by atoms with Crippen molar-refractivity contribution in [2.45, 2.75) is 18.1 Å². The van der Waals surface area contributed by atoms with E-state index in [2.05, 4.69) is 4.98 Å². The quantitative estimate of drug-likeness (QED) is 0.799. The van der Waals surface area contributed by atoms with Gasteiger partial charge in [0, 0.05) is 6.20 Å². The molecule has 3 heterocycles. The van der Waals surface area contributed by atoms with Crippen molar-refractivity contribution >= 4 is 27.0 Å². The second-order valence-electron chi connectivity index (χ2n) is 4.23. The number of sulfone groups is 1. The molecule has 0 aliphatic carbocycles. The number of nitrogens with zero attached hydrogens (tertiary/aromatic N) is 2. The molecule has 0 aromatic carbocycles. The third kappa shape index (κ3) is 1.65. The lowest BCUT2D eigenvalue weighted by atomic mass is 10.2. The molecule has 0 N–H and O–H groups in total. The second kappa shape index (κ2) is 3.71. The molecule has 0 saturated carbocycles. The predicted molar refractivity (Wildman–Crippen MR) is 66.0 cm³/mol. The Morgan fingerprint density at radius 2 is 2.29 bits per heavy atom. The van der Waals surface area contributed by atoms with E-state index in [9.17, 15) is 8.42 Å². The average Bonchev–Trinajstić information content (AvgIpc) is 2.82. The zero-order valence-electron chi connectivity index (χ0n) is 9.01. The SMILES string of the molecule is O=S1(=O)CCCC1c1ncc2c(Cl)cccn12. The van der Waals surface area contributed by atoms with Crippen molar-refractivity contribution in [2.75, 3.05) is 5.75 Å². The van der Waals surface area contributed by atoms with Crippen LogP contribution in [-0.4, -0.2) is 23.6 Å². The Kier molecular flexibility index (Phi) is 2.41. The molecular weight excluding hydrogens is 260 g/mol. The largest absolute Gasteiger partial charge is 0.301 e. The fourth-order valence-electron chi connectivity index (χ4n) is 2.33. The number of imidazole rings is 1. The van der Waals surface area contributed by atoms with Gasteiger partial charge in [0.25, 0.3) is 0 Å². The summed E-state index contributed by atoms with van der Waals surface area (Å²) in [6.45, 7) is 0. The van der Waals surface area contributed by atoms with Crippen molar-refractivity contribution in [2.24, 2.45) is 0 Å². The van der Waals surface area contributed by atoms with Crippen LogP contribution in [0.15, 0.2) is 24.5 Å². The van der Waals surface area contributed by atoms with Crippen LogP contribution in [0.5, 0.6) is 0 Å². The Hall–Kier alpha value is -1.07. The summed E-state index contributed by atoms with van der Waals surface area (Å²) >= 11 is 6.04. The van der Waals surface area contributed by atoms with Gasteiger partial charge >= 0.3 is 0 Å². The number of hydrogen-bond donors (Lipinski definition) is 0. The first-order chi connectivity index (χ1) is 8.09. The van der Waals surface area contributed by atoms with E-state index in [-0.39, 0.29) is 5.75 Å². The van der Waals surface area contributed by atoms with Crippen LogP contribution < -0.4 is 0 Å². The van der Waals surface area contributed by atoms with Crippen LogP contribution in [0.25, 0.3) is 5.52 Å². The van der Waals surface area contributed by atoms with Gasteiger partial charge in [-0.2, -0.15) is 0 Å². The van der Waals surface area contributed by atoms with Crippen molar-refractivity contribution in [3.8, 4) is 0 Å². The second-order valence-corrected chi connectivity index (χ2v) is 6.94. The minimum Gasteiger partial charge on any atom is -0.301 e. The van der Waals surface area contributed by atoms with Crippen molar-refractivity contribution in [3.05, 3.63) is 35.4 Å². The summed E-state index contributed by atoms with van der Waals surface area (Å²) < 4.78 is 25.6. The molecule has 1 unspecified atom stereocenters. The molecule has 1 aliphatic rings. The molecule has 1 fully saturated rings. The first-order valence-electron chi connectivity index (χ1n) is 5.42. The molecule has 1 atom stereocenters. The lowest BCUT2D eigenvalue weighted by molar-refractivity contribution is 0.588. The van der Waals surface area contributed by atoms with Gasteiger partial charge in [0.1, 0.15) is 11.1 Å². The summed E-state index contributed by atoms with van der Waals surface area (Å²) in [7, 11) is -3.04. The van der Waals surface area contributed by atoms with Crippen LogP contribution in [0.3, 0.4) is 0 Å². The summed E-state index contributed by atoms with van der Waals surface area (Å²) in [4.78, 5) is 4.23. The topological polar surface area (TPSA) is 51.4 Å². The highest BCUT2D eigenvalue weighted by atomic mass is 35.5. The van der Waals surface area contributed by atoms with Gasteiger partial charge in [-0.3, -0.25) is 0 Å². The summed E-state index contributed by atoms with van der Waals surface area (Å²) in [6.07, 6.45) is 4.79. The molecular formula is C11H11ClN2O2S. The summed E-state index contributed by atoms with van der Waals surface area (Å²) in [5.74, 6) is 0.840. The molecule has 1 saturated heterocycles. The normalized spacial score (nSPS) is 23.2. The average molecular weight is 271 g/mol. The molecule has 17 heavy (non-hydrogen) atoms. The Bertz CT molecular complexity index is 678. The fourth-order valence-corrected chi connectivity index (χ4v) is 4.41. The van der Waals surface area contributed by atoms with Crippen molar-refractivity contribution in [3.63, 3.8) is 0 Å². The van der Waals surface area contributed by atoms with Crippen LogP contribution in [0.1, 0.15) is 23.9 Å². The van der Waals surface area contributed by atoms with E-state index >= 15 is 0 Å². The van der Waals surface area contributed by atoms with Crippen LogP contribution in [0.4, 0.5) is 0 Å². The molecule has 0 bridgehead atoms. The molecule has 90 valence electrons. The Morgan fingerprint density at radius 1 is 1.47 bits per heavy atom. The van der Waals surface area contributed by atoms with Crippen molar-refractivity contribution in [1.29, 1.82) is 0 Å². The zero-order valence-corrected chi connectivity index (χ0v) is 10.6. The smallest absolute Gasteiger partial charge is 0.160 e. The summed E-state index contributed by atoms with van der Waals surface area (Å²) in [5.41, 5.74) is 0.756. The van der Waals surface area contributed by atoms with E-state index in [1.807, 2.05) is 0 Å². The van der Waals surface area contributed by atoms with Crippen LogP contribution in [0.2, 0.25) is 5.02 Å². The molecule has 2 aromatic heterocycles. The fraction of sp³-hybridized carbons (Fsp3) is 0.364. The van der Waals surface area contributed by atoms with Crippen molar-refractivity contribution < 1.29 is 8.42 Å². The summed E-state index contributed by atoms with van der Waals surface area (Å²) in [5, 5.41) is 0.102. The molecule has 0 amide bonds. The van der Waals surface area contributed by atoms with Crippen LogP contribution in [-0.2, 0) is 9.84 Å². The molecule has 0 radical (unpaired) electrons. The van der Waals surface area contributed by atoms with E-state index in [0.717, 1.165) is 5.52 Å². The van der Waals surface area contributed by atoms with E-state index in [1.54, 1.807) is 28.9 Å². The lowest BCUT2D eigenvalue weighted by Gasteiger charge is -2.08. The number of hydrogen-bond acceptors (Lipinski definition) is 3. The van der Waals surface area contributed by atoms with E-state index < -0.39 is 15.1 Å². The number of rotatable bonds is 1. The van der Waals surface area contributed by atoms with Crippen molar-refractivity contribution in [1.82, 2.24) is 9.38 Å². The number of fused-ring (bicyclic) bond motifs is 1. The molecule has 6 heteroatoms. The van der Waals surface area contributed by atoms with E-state index in [1.165, 1.54) is 0 Å². The molecule has 3 rings (SSSR count). The van der Waals surface area contributed by atoms with Gasteiger partial charge in [-0.15, -0.1) is 0 Å². The maximum Gasteiger partial charge on any atom is 0.160 e. The molecule has 2 aromatic rings. The maximum absolute atomic E-state index is 11.9. The van der Waals surface area contributed by atoms with Gasteiger partial charge < -0.3 is 4.40 Å². The van der Waals surface area contributed by atoms with Crippen LogP contribution >= 0.6 is 11.6 Å². The number of aromatic nitrogens is 2. The van der Waals surface area contributed by atoms with Gasteiger partial charge in [-0.05, 0) is 25.0 Å². The van der Waals surface area contributed by atoms with E-state index in [0.29, 0.717) is 23.7 Å². The summed E-state index contributed by atoms with van der Waals surface area (Å²) in [6, 6.07) is 3.56. The van der Waals surface area contributed by atoms with Crippen LogP contribution in [0, 0.1) is 0 Å². The Balaban J connectivity index is 2.22. The lowest BCUT2D eigenvalue weighted by Crippen LogP contribution is -2.11. The highest BCUT2D eigenvalue weighted by Crippen LogP contribution is 2.34. The first-order valence-corrected chi connectivity index (χ1v) is 7.52. The monoisotopic (exact) mass is 270 g/mol. The maximum atomic E-state index is 11.9. The Morgan fingerprint density at radius 3 is 3.00 bits per heavy atom. The van der Waals surface area contributed by atoms with Gasteiger partial charge in [0.05, 0.1) is 22.5 Å². The van der Waals surface area contributed by atoms with Gasteiger partial charge in [0.15, 0.2) is 9.84 Å². The zero-order chi connectivity index (χ0) is 12.0. The third-order valence-electron chi connectivity index (χ3n) is 3.16. The van der Waals surface area contributed by atoms with Gasteiger partial charge in [0.2, 0.25) is 0 Å².